The molecule has 0 bridgehead atoms. The maximum absolute atomic E-state index is 11.9. The Balaban J connectivity index is 1.54. The van der Waals surface area contributed by atoms with Gasteiger partial charge in [-0.3, -0.25) is 4.79 Å². The van der Waals surface area contributed by atoms with Crippen LogP contribution in [0.25, 0.3) is 0 Å². The standard InChI is InChI=1S/C15H28N2O2/c1-2-3-10-19-12-15(18)17-8-6-14(7-9-17)16-11-13-4-5-13/h13-14,16H,2-12H2,1H3. The number of amides is 1. The molecule has 0 aromatic heterocycles. The Morgan fingerprint density at radius 2 is 2.00 bits per heavy atom. The Morgan fingerprint density at radius 1 is 1.26 bits per heavy atom. The van der Waals surface area contributed by atoms with E-state index in [1.54, 1.807) is 0 Å². The van der Waals surface area contributed by atoms with E-state index in [0.717, 1.165) is 44.7 Å². The molecule has 0 spiro atoms. The first-order valence-electron chi connectivity index (χ1n) is 7.88. The van der Waals surface area contributed by atoms with E-state index in [1.807, 2.05) is 4.90 Å². The molecule has 4 heteroatoms. The summed E-state index contributed by atoms with van der Waals surface area (Å²) in [6.45, 7) is 6.06. The molecule has 110 valence electrons. The maximum atomic E-state index is 11.9. The molecule has 0 aromatic carbocycles. The Kier molecular flexibility index (Phi) is 6.11. The number of carbonyl (C=O) groups is 1. The Bertz CT molecular complexity index is 271. The van der Waals surface area contributed by atoms with Crippen LogP contribution in [0.15, 0.2) is 0 Å². The zero-order valence-electron chi connectivity index (χ0n) is 12.2. The molecule has 1 N–H and O–H groups in total. The molecule has 4 nitrogen and oxygen atoms in total. The molecule has 1 aliphatic heterocycles. The molecule has 19 heavy (non-hydrogen) atoms. The second-order valence-corrected chi connectivity index (χ2v) is 5.91. The molecular formula is C15H28N2O2. The second kappa shape index (κ2) is 7.85. The lowest BCUT2D eigenvalue weighted by Gasteiger charge is -2.32. The lowest BCUT2D eigenvalue weighted by Crippen LogP contribution is -2.46. The molecule has 0 aromatic rings. The molecule has 1 aliphatic carbocycles. The van der Waals surface area contributed by atoms with Gasteiger partial charge in [0, 0.05) is 25.7 Å². The van der Waals surface area contributed by atoms with Gasteiger partial charge in [0.2, 0.25) is 5.91 Å². The summed E-state index contributed by atoms with van der Waals surface area (Å²) >= 11 is 0. The van der Waals surface area contributed by atoms with Crippen LogP contribution in [0.3, 0.4) is 0 Å². The SMILES string of the molecule is CCCCOCC(=O)N1CCC(NCC2CC2)CC1. The number of ether oxygens (including phenoxy) is 1. The zero-order valence-corrected chi connectivity index (χ0v) is 12.2. The van der Waals surface area contributed by atoms with Gasteiger partial charge in [-0.05, 0) is 44.6 Å². The summed E-state index contributed by atoms with van der Waals surface area (Å²) < 4.78 is 5.40. The zero-order chi connectivity index (χ0) is 13.5. The third-order valence-corrected chi connectivity index (χ3v) is 4.11. The minimum Gasteiger partial charge on any atom is -0.372 e. The van der Waals surface area contributed by atoms with Gasteiger partial charge in [-0.2, -0.15) is 0 Å². The lowest BCUT2D eigenvalue weighted by atomic mass is 10.0. The predicted molar refractivity (Wildman–Crippen MR) is 76.1 cm³/mol. The van der Waals surface area contributed by atoms with E-state index in [-0.39, 0.29) is 12.5 Å². The van der Waals surface area contributed by atoms with Crippen LogP contribution in [0.2, 0.25) is 0 Å². The van der Waals surface area contributed by atoms with E-state index in [1.165, 1.54) is 19.4 Å². The normalized spacial score (nSPS) is 20.8. The number of hydrogen-bond donors (Lipinski definition) is 1. The fraction of sp³-hybridized carbons (Fsp3) is 0.933. The number of likely N-dealkylation sites (tertiary alicyclic amines) is 1. The van der Waals surface area contributed by atoms with E-state index in [4.69, 9.17) is 4.74 Å². The van der Waals surface area contributed by atoms with Gasteiger partial charge in [0.1, 0.15) is 6.61 Å². The van der Waals surface area contributed by atoms with Crippen LogP contribution in [0.5, 0.6) is 0 Å². The quantitative estimate of drug-likeness (QED) is 0.682. The van der Waals surface area contributed by atoms with Crippen LogP contribution >= 0.6 is 0 Å². The lowest BCUT2D eigenvalue weighted by molar-refractivity contribution is -0.137. The first kappa shape index (κ1) is 14.8. The number of piperidine rings is 1. The summed E-state index contributed by atoms with van der Waals surface area (Å²) in [5, 5.41) is 3.63. The topological polar surface area (TPSA) is 41.6 Å². The third-order valence-electron chi connectivity index (χ3n) is 4.11. The van der Waals surface area contributed by atoms with E-state index < -0.39 is 0 Å². The molecule has 1 saturated carbocycles. The van der Waals surface area contributed by atoms with Crippen molar-refractivity contribution in [1.82, 2.24) is 10.2 Å². The molecule has 0 unspecified atom stereocenters. The van der Waals surface area contributed by atoms with Crippen molar-refractivity contribution in [2.24, 2.45) is 5.92 Å². The molecule has 0 radical (unpaired) electrons. The highest BCUT2D eigenvalue weighted by Gasteiger charge is 2.25. The van der Waals surface area contributed by atoms with Crippen LogP contribution in [0.1, 0.15) is 45.4 Å². The van der Waals surface area contributed by atoms with Gasteiger partial charge >= 0.3 is 0 Å². The first-order chi connectivity index (χ1) is 9.29. The minimum absolute atomic E-state index is 0.164. The molecule has 2 rings (SSSR count). The molecule has 1 amide bonds. The molecule has 0 atom stereocenters. The monoisotopic (exact) mass is 268 g/mol. The largest absolute Gasteiger partial charge is 0.372 e. The fourth-order valence-corrected chi connectivity index (χ4v) is 2.49. The number of nitrogens with one attached hydrogen (secondary N) is 1. The van der Waals surface area contributed by atoms with E-state index in [0.29, 0.717) is 12.6 Å². The van der Waals surface area contributed by atoms with Crippen molar-refractivity contribution in [3.05, 3.63) is 0 Å². The molecular weight excluding hydrogens is 240 g/mol. The molecule has 1 saturated heterocycles. The van der Waals surface area contributed by atoms with Crippen LogP contribution < -0.4 is 5.32 Å². The Morgan fingerprint density at radius 3 is 2.63 bits per heavy atom. The van der Waals surface area contributed by atoms with Crippen molar-refractivity contribution in [2.45, 2.75) is 51.5 Å². The maximum Gasteiger partial charge on any atom is 0.248 e. The van der Waals surface area contributed by atoms with Crippen LogP contribution in [-0.2, 0) is 9.53 Å². The van der Waals surface area contributed by atoms with Gasteiger partial charge in [0.05, 0.1) is 0 Å². The van der Waals surface area contributed by atoms with Gasteiger partial charge in [0.25, 0.3) is 0 Å². The molecule has 2 fully saturated rings. The average molecular weight is 268 g/mol. The number of unbranched alkanes of at least 4 members (excludes halogenated alkanes) is 1. The minimum atomic E-state index is 0.164. The van der Waals surface area contributed by atoms with E-state index in [9.17, 15) is 4.79 Å². The van der Waals surface area contributed by atoms with Gasteiger partial charge in [-0.25, -0.2) is 0 Å². The number of nitrogens with zero attached hydrogens (tertiary/aromatic N) is 1. The molecule has 2 aliphatic rings. The molecule has 1 heterocycles. The van der Waals surface area contributed by atoms with E-state index in [2.05, 4.69) is 12.2 Å². The van der Waals surface area contributed by atoms with Crippen LogP contribution in [-0.4, -0.2) is 49.7 Å². The highest BCUT2D eigenvalue weighted by molar-refractivity contribution is 5.77. The Hall–Kier alpha value is -0.610. The smallest absolute Gasteiger partial charge is 0.248 e. The van der Waals surface area contributed by atoms with Crippen molar-refractivity contribution in [3.8, 4) is 0 Å². The average Bonchev–Trinajstić information content (AvgIpc) is 3.26. The number of carbonyl (C=O) groups excluding carboxylic acids is 1. The Labute approximate surface area is 116 Å². The van der Waals surface area contributed by atoms with Crippen molar-refractivity contribution in [1.29, 1.82) is 0 Å². The van der Waals surface area contributed by atoms with Crippen molar-refractivity contribution < 1.29 is 9.53 Å². The van der Waals surface area contributed by atoms with Crippen molar-refractivity contribution in [3.63, 3.8) is 0 Å². The van der Waals surface area contributed by atoms with Crippen LogP contribution in [0, 0.1) is 5.92 Å². The van der Waals surface area contributed by atoms with Crippen molar-refractivity contribution >= 4 is 5.91 Å². The van der Waals surface area contributed by atoms with E-state index >= 15 is 0 Å². The van der Waals surface area contributed by atoms with Gasteiger partial charge in [-0.1, -0.05) is 13.3 Å². The number of hydrogen-bond acceptors (Lipinski definition) is 3. The summed E-state index contributed by atoms with van der Waals surface area (Å²) in [7, 11) is 0. The van der Waals surface area contributed by atoms with Crippen molar-refractivity contribution in [2.75, 3.05) is 32.8 Å². The highest BCUT2D eigenvalue weighted by Crippen LogP contribution is 2.28. The fourth-order valence-electron chi connectivity index (χ4n) is 2.49. The summed E-state index contributed by atoms with van der Waals surface area (Å²) in [6.07, 6.45) is 7.15. The van der Waals surface area contributed by atoms with Gasteiger partial charge in [-0.15, -0.1) is 0 Å². The van der Waals surface area contributed by atoms with Crippen LogP contribution in [0.4, 0.5) is 0 Å². The summed E-state index contributed by atoms with van der Waals surface area (Å²) in [5.74, 6) is 1.10. The highest BCUT2D eigenvalue weighted by atomic mass is 16.5. The number of rotatable bonds is 8. The van der Waals surface area contributed by atoms with Gasteiger partial charge < -0.3 is 15.0 Å². The third kappa shape index (κ3) is 5.49. The first-order valence-corrected chi connectivity index (χ1v) is 7.88. The summed E-state index contributed by atoms with van der Waals surface area (Å²) in [4.78, 5) is 13.9. The summed E-state index contributed by atoms with van der Waals surface area (Å²) in [6, 6.07) is 0.616. The summed E-state index contributed by atoms with van der Waals surface area (Å²) in [5.41, 5.74) is 0. The predicted octanol–water partition coefficient (Wildman–Crippen LogP) is 1.79. The second-order valence-electron chi connectivity index (χ2n) is 5.91. The van der Waals surface area contributed by atoms with Gasteiger partial charge in [0.15, 0.2) is 0 Å².